The van der Waals surface area contributed by atoms with Gasteiger partial charge in [-0.25, -0.2) is 0 Å². The Morgan fingerprint density at radius 2 is 2.42 bits per heavy atom. The number of methoxy groups -OCH3 is 1. The number of morpholine rings is 1. The number of ether oxygens (including phenoxy) is 2. The van der Waals surface area contributed by atoms with Crippen LogP contribution < -0.4 is 15.4 Å². The summed E-state index contributed by atoms with van der Waals surface area (Å²) < 4.78 is 10.6. The number of halogens is 1. The van der Waals surface area contributed by atoms with E-state index < -0.39 is 0 Å². The van der Waals surface area contributed by atoms with Crippen LogP contribution in [0.2, 0.25) is 0 Å². The molecule has 19 heavy (non-hydrogen) atoms. The average Bonchev–Trinajstić information content (AvgIpc) is 2.40. The van der Waals surface area contributed by atoms with Gasteiger partial charge in [0.1, 0.15) is 5.75 Å². The molecule has 1 aliphatic heterocycles. The lowest BCUT2D eigenvalue weighted by Crippen LogP contribution is -2.40. The first-order valence-electron chi connectivity index (χ1n) is 6.04. The molecule has 1 atom stereocenters. The highest BCUT2D eigenvalue weighted by Crippen LogP contribution is 2.17. The predicted molar refractivity (Wildman–Crippen MR) is 76.1 cm³/mol. The van der Waals surface area contributed by atoms with Crippen molar-refractivity contribution in [1.82, 2.24) is 5.32 Å². The van der Waals surface area contributed by atoms with E-state index in [1.165, 1.54) is 0 Å². The smallest absolute Gasteiger partial charge is 0.227 e. The lowest BCUT2D eigenvalue weighted by Gasteiger charge is -2.23. The van der Waals surface area contributed by atoms with E-state index >= 15 is 0 Å². The number of carbonyl (C=O) groups excluding carboxylic acids is 1. The third-order valence-corrected chi connectivity index (χ3v) is 2.77. The van der Waals surface area contributed by atoms with Crippen molar-refractivity contribution in [2.24, 2.45) is 0 Å². The van der Waals surface area contributed by atoms with E-state index in [1.807, 2.05) is 18.2 Å². The Labute approximate surface area is 119 Å². The fraction of sp³-hybridized carbons (Fsp3) is 0.462. The molecule has 2 N–H and O–H groups in total. The summed E-state index contributed by atoms with van der Waals surface area (Å²) >= 11 is 0. The molecule has 0 bridgehead atoms. The molecule has 6 heteroatoms. The van der Waals surface area contributed by atoms with E-state index in [0.717, 1.165) is 24.5 Å². The molecule has 1 aromatic rings. The van der Waals surface area contributed by atoms with Gasteiger partial charge in [-0.3, -0.25) is 4.79 Å². The summed E-state index contributed by atoms with van der Waals surface area (Å²) in [5, 5.41) is 6.03. The lowest BCUT2D eigenvalue weighted by atomic mass is 10.2. The zero-order chi connectivity index (χ0) is 12.8. The second-order valence-corrected chi connectivity index (χ2v) is 4.18. The van der Waals surface area contributed by atoms with Crippen LogP contribution in [-0.2, 0) is 9.53 Å². The molecule has 0 radical (unpaired) electrons. The lowest BCUT2D eigenvalue weighted by molar-refractivity contribution is -0.119. The quantitative estimate of drug-likeness (QED) is 0.879. The fourth-order valence-corrected chi connectivity index (χ4v) is 1.87. The Morgan fingerprint density at radius 3 is 3.11 bits per heavy atom. The third kappa shape index (κ3) is 5.06. The normalized spacial score (nSPS) is 18.3. The summed E-state index contributed by atoms with van der Waals surface area (Å²) in [6.07, 6.45) is 0.328. The SMILES string of the molecule is COc1cccc(NC(=O)CC2CNCCO2)c1.Cl. The van der Waals surface area contributed by atoms with Crippen LogP contribution in [0.15, 0.2) is 24.3 Å². The Hall–Kier alpha value is -1.30. The molecule has 1 aliphatic rings. The minimum absolute atomic E-state index is 0. The number of amides is 1. The van der Waals surface area contributed by atoms with E-state index in [0.29, 0.717) is 13.0 Å². The highest BCUT2D eigenvalue weighted by atomic mass is 35.5. The molecular weight excluding hydrogens is 268 g/mol. The summed E-state index contributed by atoms with van der Waals surface area (Å²) in [4.78, 5) is 11.8. The van der Waals surface area contributed by atoms with E-state index in [1.54, 1.807) is 13.2 Å². The van der Waals surface area contributed by atoms with Crippen molar-refractivity contribution in [2.75, 3.05) is 32.1 Å². The van der Waals surface area contributed by atoms with Gasteiger partial charge in [0.15, 0.2) is 0 Å². The zero-order valence-electron chi connectivity index (χ0n) is 10.8. The largest absolute Gasteiger partial charge is 0.497 e. The van der Waals surface area contributed by atoms with Crippen LogP contribution in [-0.4, -0.2) is 38.8 Å². The van der Waals surface area contributed by atoms with Crippen molar-refractivity contribution in [1.29, 1.82) is 0 Å². The minimum atomic E-state index is -0.0445. The van der Waals surface area contributed by atoms with E-state index in [-0.39, 0.29) is 24.4 Å². The molecule has 0 aromatic heterocycles. The monoisotopic (exact) mass is 286 g/mol. The van der Waals surface area contributed by atoms with E-state index in [9.17, 15) is 4.79 Å². The first kappa shape index (κ1) is 15.8. The van der Waals surface area contributed by atoms with Crippen molar-refractivity contribution >= 4 is 24.0 Å². The first-order valence-corrected chi connectivity index (χ1v) is 6.04. The maximum Gasteiger partial charge on any atom is 0.227 e. The predicted octanol–water partition coefficient (Wildman–Crippen LogP) is 1.43. The summed E-state index contributed by atoms with van der Waals surface area (Å²) in [5.41, 5.74) is 0.739. The summed E-state index contributed by atoms with van der Waals surface area (Å²) in [7, 11) is 1.60. The van der Waals surface area contributed by atoms with Gasteiger partial charge in [0, 0.05) is 24.8 Å². The Kier molecular flexibility index (Phi) is 6.62. The molecule has 0 aliphatic carbocycles. The number of benzene rings is 1. The molecule has 1 fully saturated rings. The molecule has 5 nitrogen and oxygen atoms in total. The minimum Gasteiger partial charge on any atom is -0.497 e. The summed E-state index contributed by atoms with van der Waals surface area (Å²) in [6.45, 7) is 2.25. The van der Waals surface area contributed by atoms with Gasteiger partial charge in [-0.2, -0.15) is 0 Å². The number of hydrogen-bond acceptors (Lipinski definition) is 4. The Bertz CT molecular complexity index is 409. The van der Waals surface area contributed by atoms with Crippen molar-refractivity contribution in [3.63, 3.8) is 0 Å². The van der Waals surface area contributed by atoms with Gasteiger partial charge in [0.25, 0.3) is 0 Å². The van der Waals surface area contributed by atoms with Crippen LogP contribution in [0.5, 0.6) is 5.75 Å². The molecular formula is C13H19ClN2O3. The standard InChI is InChI=1S/C13H18N2O3.ClH/c1-17-11-4-2-3-10(7-11)15-13(16)8-12-9-14-5-6-18-12;/h2-4,7,12,14H,5-6,8-9H2,1H3,(H,15,16);1H. The number of hydrogen-bond donors (Lipinski definition) is 2. The number of anilines is 1. The molecule has 2 rings (SSSR count). The Balaban J connectivity index is 0.00000180. The van der Waals surface area contributed by atoms with Gasteiger partial charge < -0.3 is 20.1 Å². The van der Waals surface area contributed by atoms with Crippen molar-refractivity contribution in [3.8, 4) is 5.75 Å². The summed E-state index contributed by atoms with van der Waals surface area (Å²) in [5.74, 6) is 0.681. The molecule has 1 aromatic carbocycles. The van der Waals surface area contributed by atoms with Crippen LogP contribution >= 0.6 is 12.4 Å². The molecule has 0 saturated carbocycles. The van der Waals surface area contributed by atoms with Crippen LogP contribution in [0.4, 0.5) is 5.69 Å². The number of rotatable bonds is 4. The highest BCUT2D eigenvalue weighted by molar-refractivity contribution is 5.91. The second-order valence-electron chi connectivity index (χ2n) is 4.18. The van der Waals surface area contributed by atoms with E-state index in [4.69, 9.17) is 9.47 Å². The first-order chi connectivity index (χ1) is 8.78. The van der Waals surface area contributed by atoms with Crippen LogP contribution in [0, 0.1) is 0 Å². The van der Waals surface area contributed by atoms with Gasteiger partial charge in [-0.15, -0.1) is 12.4 Å². The molecule has 1 unspecified atom stereocenters. The number of nitrogens with one attached hydrogen (secondary N) is 2. The van der Waals surface area contributed by atoms with Gasteiger partial charge >= 0.3 is 0 Å². The van der Waals surface area contributed by atoms with Crippen LogP contribution in [0.3, 0.4) is 0 Å². The maximum atomic E-state index is 11.8. The molecule has 1 heterocycles. The van der Waals surface area contributed by atoms with Gasteiger partial charge in [-0.05, 0) is 12.1 Å². The Morgan fingerprint density at radius 1 is 1.58 bits per heavy atom. The van der Waals surface area contributed by atoms with Crippen LogP contribution in [0.25, 0.3) is 0 Å². The topological polar surface area (TPSA) is 59.6 Å². The zero-order valence-corrected chi connectivity index (χ0v) is 11.7. The van der Waals surface area contributed by atoms with Gasteiger partial charge in [0.05, 0.1) is 26.2 Å². The van der Waals surface area contributed by atoms with E-state index in [2.05, 4.69) is 10.6 Å². The van der Waals surface area contributed by atoms with Crippen molar-refractivity contribution in [3.05, 3.63) is 24.3 Å². The fourth-order valence-electron chi connectivity index (χ4n) is 1.87. The molecule has 106 valence electrons. The maximum absolute atomic E-state index is 11.8. The van der Waals surface area contributed by atoms with Gasteiger partial charge in [0.2, 0.25) is 5.91 Å². The molecule has 1 amide bonds. The van der Waals surface area contributed by atoms with Gasteiger partial charge in [-0.1, -0.05) is 6.07 Å². The highest BCUT2D eigenvalue weighted by Gasteiger charge is 2.17. The third-order valence-electron chi connectivity index (χ3n) is 2.77. The van der Waals surface area contributed by atoms with Crippen molar-refractivity contribution in [2.45, 2.75) is 12.5 Å². The molecule has 0 spiro atoms. The van der Waals surface area contributed by atoms with Crippen molar-refractivity contribution < 1.29 is 14.3 Å². The summed E-state index contributed by atoms with van der Waals surface area (Å²) in [6, 6.07) is 7.30. The molecule has 1 saturated heterocycles. The van der Waals surface area contributed by atoms with Crippen LogP contribution in [0.1, 0.15) is 6.42 Å². The average molecular weight is 287 g/mol. The second kappa shape index (κ2) is 7.99. The number of carbonyl (C=O) groups is 1.